The lowest BCUT2D eigenvalue weighted by Gasteiger charge is -2.45. The Bertz CT molecular complexity index is 1420. The highest BCUT2D eigenvalue weighted by Crippen LogP contribution is 2.42. The van der Waals surface area contributed by atoms with E-state index in [1.807, 2.05) is 6.92 Å². The second-order valence-electron chi connectivity index (χ2n) is 9.78. The van der Waals surface area contributed by atoms with Crippen molar-refractivity contribution in [1.82, 2.24) is 10.6 Å². The summed E-state index contributed by atoms with van der Waals surface area (Å²) < 4.78 is 63.9. The topological polar surface area (TPSA) is 113 Å². The molecule has 2 unspecified atom stereocenters. The molecule has 0 saturated carbocycles. The fraction of sp³-hybridized carbons (Fsp3) is 0.393. The van der Waals surface area contributed by atoms with Crippen molar-refractivity contribution in [3.05, 3.63) is 71.3 Å². The molecule has 216 valence electrons. The van der Waals surface area contributed by atoms with Gasteiger partial charge in [-0.15, -0.1) is 0 Å². The first-order valence-electron chi connectivity index (χ1n) is 12.7. The van der Waals surface area contributed by atoms with Crippen molar-refractivity contribution in [2.24, 2.45) is 5.41 Å². The van der Waals surface area contributed by atoms with E-state index in [0.717, 1.165) is 23.3 Å². The Hall–Kier alpha value is -3.67. The van der Waals surface area contributed by atoms with Crippen molar-refractivity contribution in [3.8, 4) is 0 Å². The zero-order valence-electron chi connectivity index (χ0n) is 22.6. The molecule has 0 aliphatic carbocycles. The molecule has 2 atom stereocenters. The van der Waals surface area contributed by atoms with E-state index in [9.17, 15) is 36.0 Å². The van der Waals surface area contributed by atoms with E-state index in [0.29, 0.717) is 18.4 Å². The summed E-state index contributed by atoms with van der Waals surface area (Å²) in [5, 5.41) is 5.20. The molecular formula is C28H32F3N3O5S. The smallest absolute Gasteiger partial charge is 0.358 e. The first kappa shape index (κ1) is 30.9. The Balaban J connectivity index is 2.05. The van der Waals surface area contributed by atoms with Crippen LogP contribution in [0.4, 0.5) is 18.9 Å². The molecule has 2 aromatic carbocycles. The summed E-state index contributed by atoms with van der Waals surface area (Å²) in [4.78, 5) is 41.6. The maximum Gasteiger partial charge on any atom is 0.416 e. The Morgan fingerprint density at radius 3 is 2.30 bits per heavy atom. The lowest BCUT2D eigenvalue weighted by molar-refractivity contribution is -0.138. The summed E-state index contributed by atoms with van der Waals surface area (Å²) in [6.45, 7) is 3.43. The molecule has 0 aromatic heterocycles. The molecule has 1 aliphatic rings. The number of carbonyl (C=O) groups excluding carboxylic acids is 3. The summed E-state index contributed by atoms with van der Waals surface area (Å²) >= 11 is 0. The Morgan fingerprint density at radius 1 is 1.10 bits per heavy atom. The maximum absolute atomic E-state index is 13.7. The number of nitrogens with zero attached hydrogens (tertiary/aromatic N) is 1. The molecule has 2 aromatic rings. The number of alkyl halides is 3. The zero-order valence-corrected chi connectivity index (χ0v) is 23.4. The third kappa shape index (κ3) is 6.38. The lowest BCUT2D eigenvalue weighted by Crippen LogP contribution is -2.59. The summed E-state index contributed by atoms with van der Waals surface area (Å²) in [5.74, 6) is -2.13. The number of carbonyl (C=O) groups is 3. The average molecular weight is 580 g/mol. The van der Waals surface area contributed by atoms with Gasteiger partial charge in [-0.2, -0.15) is 13.2 Å². The number of sulfone groups is 1. The summed E-state index contributed by atoms with van der Waals surface area (Å²) in [6.07, 6.45) is -0.764. The fourth-order valence-corrected chi connectivity index (χ4v) is 5.43. The van der Waals surface area contributed by atoms with Crippen LogP contribution in [0.3, 0.4) is 0 Å². The summed E-state index contributed by atoms with van der Waals surface area (Å²) in [6, 6.07) is 9.11. The van der Waals surface area contributed by atoms with Crippen molar-refractivity contribution >= 4 is 33.2 Å². The van der Waals surface area contributed by atoms with E-state index in [4.69, 9.17) is 0 Å². The fourth-order valence-electron chi connectivity index (χ4n) is 4.80. The summed E-state index contributed by atoms with van der Waals surface area (Å²) in [5.41, 5.74) is -2.27. The molecule has 3 amide bonds. The summed E-state index contributed by atoms with van der Waals surface area (Å²) in [7, 11) is -1.99. The molecule has 0 radical (unpaired) electrons. The maximum atomic E-state index is 13.7. The first-order valence-corrected chi connectivity index (χ1v) is 14.6. The van der Waals surface area contributed by atoms with E-state index in [1.54, 1.807) is 6.92 Å². The highest BCUT2D eigenvalue weighted by molar-refractivity contribution is 7.90. The first-order chi connectivity index (χ1) is 18.7. The van der Waals surface area contributed by atoms with E-state index >= 15 is 0 Å². The van der Waals surface area contributed by atoms with Crippen LogP contribution in [0.15, 0.2) is 65.1 Å². The molecular weight excluding hydrogens is 547 g/mol. The van der Waals surface area contributed by atoms with Crippen LogP contribution >= 0.6 is 0 Å². The quantitative estimate of drug-likeness (QED) is 0.436. The number of anilines is 1. The van der Waals surface area contributed by atoms with E-state index in [2.05, 4.69) is 10.6 Å². The minimum absolute atomic E-state index is 0.0610. The standard InChI is InChI=1S/C28H32F3N3O5S/c1-5-6-14-27(26(37)32-3)16-23(24(35)33-17-19-10-12-22(13-11-19)40(4,38)39)25(36)34(18(27)2)21-9-7-8-20(15-21)28(29,30)31/h7-13,15-16,18H,5-6,14,17H2,1-4H3,(H,32,37)(H,33,35). The van der Waals surface area contributed by atoms with Crippen LogP contribution in [0.5, 0.6) is 0 Å². The molecule has 1 aliphatic heterocycles. The second kappa shape index (κ2) is 11.8. The molecule has 0 fully saturated rings. The van der Waals surface area contributed by atoms with Crippen molar-refractivity contribution in [1.29, 1.82) is 0 Å². The average Bonchev–Trinajstić information content (AvgIpc) is 2.90. The molecule has 1 heterocycles. The number of nitrogens with one attached hydrogen (secondary N) is 2. The van der Waals surface area contributed by atoms with Gasteiger partial charge in [0.2, 0.25) is 5.91 Å². The van der Waals surface area contributed by atoms with Gasteiger partial charge in [-0.25, -0.2) is 8.42 Å². The second-order valence-corrected chi connectivity index (χ2v) is 11.8. The van der Waals surface area contributed by atoms with Crippen LogP contribution < -0.4 is 15.5 Å². The van der Waals surface area contributed by atoms with Crippen LogP contribution in [0, 0.1) is 5.41 Å². The van der Waals surface area contributed by atoms with Crippen molar-refractivity contribution in [3.63, 3.8) is 0 Å². The minimum atomic E-state index is -4.67. The van der Waals surface area contributed by atoms with Gasteiger partial charge in [0, 0.05) is 25.5 Å². The highest BCUT2D eigenvalue weighted by Gasteiger charge is 2.51. The van der Waals surface area contributed by atoms with Crippen LogP contribution in [0.1, 0.15) is 44.2 Å². The van der Waals surface area contributed by atoms with Crippen LogP contribution in [0.2, 0.25) is 0 Å². The van der Waals surface area contributed by atoms with Crippen molar-refractivity contribution in [2.45, 2.75) is 56.8 Å². The van der Waals surface area contributed by atoms with Gasteiger partial charge in [0.05, 0.1) is 21.9 Å². The van der Waals surface area contributed by atoms with Gasteiger partial charge in [0.1, 0.15) is 5.57 Å². The predicted molar refractivity (Wildman–Crippen MR) is 144 cm³/mol. The number of benzene rings is 2. The Labute approximate surface area is 231 Å². The van der Waals surface area contributed by atoms with E-state index in [-0.39, 0.29) is 29.1 Å². The SMILES string of the molecule is CCCCC1(C(=O)NC)C=C(C(=O)NCc2ccc(S(C)(=O)=O)cc2)C(=O)N(c2cccc(C(F)(F)F)c2)C1C. The molecule has 2 N–H and O–H groups in total. The highest BCUT2D eigenvalue weighted by atomic mass is 32.2. The van der Waals surface area contributed by atoms with Gasteiger partial charge in [0.15, 0.2) is 9.84 Å². The normalized spacial score (nSPS) is 19.7. The third-order valence-corrected chi connectivity index (χ3v) is 8.21. The Kier molecular flexibility index (Phi) is 9.13. The predicted octanol–water partition coefficient (Wildman–Crippen LogP) is 4.01. The van der Waals surface area contributed by atoms with Crippen molar-refractivity contribution in [2.75, 3.05) is 18.2 Å². The number of unbranched alkanes of at least 4 members (excludes halogenated alkanes) is 1. The van der Waals surface area contributed by atoms with E-state index in [1.165, 1.54) is 49.5 Å². The number of hydrogen-bond donors (Lipinski definition) is 2. The molecule has 0 spiro atoms. The molecule has 3 rings (SSSR count). The van der Waals surface area contributed by atoms with Gasteiger partial charge >= 0.3 is 6.18 Å². The molecule has 0 bridgehead atoms. The van der Waals surface area contributed by atoms with Gasteiger partial charge < -0.3 is 15.5 Å². The monoisotopic (exact) mass is 579 g/mol. The number of halogens is 3. The molecule has 40 heavy (non-hydrogen) atoms. The van der Waals surface area contributed by atoms with Gasteiger partial charge in [-0.05, 0) is 55.3 Å². The van der Waals surface area contributed by atoms with Crippen LogP contribution in [0.25, 0.3) is 0 Å². The van der Waals surface area contributed by atoms with Crippen LogP contribution in [-0.2, 0) is 36.9 Å². The molecule has 8 nitrogen and oxygen atoms in total. The zero-order chi connectivity index (χ0) is 29.9. The largest absolute Gasteiger partial charge is 0.416 e. The minimum Gasteiger partial charge on any atom is -0.358 e. The van der Waals surface area contributed by atoms with Gasteiger partial charge in [-0.3, -0.25) is 14.4 Å². The number of rotatable bonds is 9. The molecule has 0 saturated heterocycles. The van der Waals surface area contributed by atoms with Crippen molar-refractivity contribution < 1.29 is 36.0 Å². The molecule has 12 heteroatoms. The Morgan fingerprint density at radius 2 is 1.75 bits per heavy atom. The van der Waals surface area contributed by atoms with E-state index < -0.39 is 50.8 Å². The number of hydrogen-bond acceptors (Lipinski definition) is 5. The van der Waals surface area contributed by atoms with Gasteiger partial charge in [0.25, 0.3) is 11.8 Å². The van der Waals surface area contributed by atoms with Gasteiger partial charge in [-0.1, -0.05) is 38.0 Å². The third-order valence-electron chi connectivity index (χ3n) is 7.08. The van der Waals surface area contributed by atoms with Crippen LogP contribution in [-0.4, -0.2) is 45.5 Å². The lowest BCUT2D eigenvalue weighted by atomic mass is 9.71. The number of amides is 3.